The van der Waals surface area contributed by atoms with Crippen LogP contribution in [0, 0.1) is 17.3 Å². The van der Waals surface area contributed by atoms with Gasteiger partial charge in [-0.3, -0.25) is 4.79 Å². The minimum Gasteiger partial charge on any atom is -0.508 e. The van der Waals surface area contributed by atoms with Crippen molar-refractivity contribution in [2.24, 2.45) is 17.3 Å². The molecule has 2 heteroatoms. The Balaban J connectivity index is 1.84. The molecule has 0 heterocycles. The average Bonchev–Trinajstić information content (AvgIpc) is 2.37. The van der Waals surface area contributed by atoms with Gasteiger partial charge in [-0.15, -0.1) is 0 Å². The molecule has 1 aromatic rings. The van der Waals surface area contributed by atoms with Crippen molar-refractivity contribution in [3.05, 3.63) is 47.6 Å². The van der Waals surface area contributed by atoms with Gasteiger partial charge >= 0.3 is 0 Å². The van der Waals surface area contributed by atoms with E-state index in [1.165, 1.54) is 0 Å². The van der Waals surface area contributed by atoms with Crippen LogP contribution in [0.25, 0.3) is 6.08 Å². The van der Waals surface area contributed by atoms with Gasteiger partial charge in [0.15, 0.2) is 5.78 Å². The minimum atomic E-state index is 0.112. The molecule has 3 aliphatic carbocycles. The summed E-state index contributed by atoms with van der Waals surface area (Å²) in [6, 6.07) is 7.07. The van der Waals surface area contributed by atoms with Crippen LogP contribution in [0.15, 0.2) is 42.0 Å². The normalized spacial score (nSPS) is 28.1. The molecule has 2 nitrogen and oxygen atoms in total. The van der Waals surface area contributed by atoms with E-state index in [2.05, 4.69) is 13.8 Å². The van der Waals surface area contributed by atoms with Crippen molar-refractivity contribution >= 4 is 11.9 Å². The maximum atomic E-state index is 12.0. The summed E-state index contributed by atoms with van der Waals surface area (Å²) < 4.78 is 0. The molecule has 19 heavy (non-hydrogen) atoms. The Morgan fingerprint density at radius 2 is 1.84 bits per heavy atom. The van der Waals surface area contributed by atoms with Gasteiger partial charge in [0, 0.05) is 5.92 Å². The number of carbonyl (C=O) groups excluding carboxylic acids is 1. The van der Waals surface area contributed by atoms with E-state index in [0.717, 1.165) is 17.6 Å². The predicted molar refractivity (Wildman–Crippen MR) is 75.6 cm³/mol. The quantitative estimate of drug-likeness (QED) is 0.876. The Morgan fingerprint density at radius 3 is 2.42 bits per heavy atom. The van der Waals surface area contributed by atoms with E-state index in [1.807, 2.05) is 24.3 Å². The lowest BCUT2D eigenvalue weighted by molar-refractivity contribution is -0.133. The Labute approximate surface area is 113 Å². The molecule has 0 aliphatic heterocycles. The molecular formula is C17H18O2. The van der Waals surface area contributed by atoms with Crippen molar-refractivity contribution in [3.8, 4) is 5.75 Å². The topological polar surface area (TPSA) is 37.3 Å². The molecule has 0 aromatic heterocycles. The third-order valence-corrected chi connectivity index (χ3v) is 4.68. The first-order valence-corrected chi connectivity index (χ1v) is 6.71. The van der Waals surface area contributed by atoms with Crippen molar-refractivity contribution in [1.29, 1.82) is 0 Å². The predicted octanol–water partition coefficient (Wildman–Crippen LogP) is 3.58. The number of carbonyl (C=O) groups is 1. The maximum Gasteiger partial charge on any atom is 0.159 e. The van der Waals surface area contributed by atoms with Gasteiger partial charge in [0.05, 0.1) is 0 Å². The van der Waals surface area contributed by atoms with Gasteiger partial charge in [-0.25, -0.2) is 0 Å². The van der Waals surface area contributed by atoms with Gasteiger partial charge in [-0.2, -0.15) is 0 Å². The van der Waals surface area contributed by atoms with E-state index in [0.29, 0.717) is 5.92 Å². The van der Waals surface area contributed by atoms with Crippen LogP contribution in [-0.2, 0) is 4.79 Å². The Kier molecular flexibility index (Phi) is 2.63. The standard InChI is InChI=1S/C17H18O2/c1-17(2)14-10-15(17)16(19)9-12(14)6-3-11-4-7-13(18)8-5-11/h3-9,14-15,18H,10H2,1-2H3. The van der Waals surface area contributed by atoms with Gasteiger partial charge in [0.2, 0.25) is 0 Å². The van der Waals surface area contributed by atoms with Crippen LogP contribution in [0.4, 0.5) is 0 Å². The summed E-state index contributed by atoms with van der Waals surface area (Å²) in [5.41, 5.74) is 2.29. The van der Waals surface area contributed by atoms with Crippen LogP contribution < -0.4 is 0 Å². The monoisotopic (exact) mass is 254 g/mol. The maximum absolute atomic E-state index is 12.0. The summed E-state index contributed by atoms with van der Waals surface area (Å²) in [5, 5.41) is 9.25. The van der Waals surface area contributed by atoms with Crippen LogP contribution in [0.2, 0.25) is 0 Å². The second kappa shape index (κ2) is 4.09. The molecule has 2 bridgehead atoms. The average molecular weight is 254 g/mol. The zero-order chi connectivity index (χ0) is 13.6. The molecular weight excluding hydrogens is 236 g/mol. The number of hydrogen-bond donors (Lipinski definition) is 1. The molecule has 1 fully saturated rings. The molecule has 98 valence electrons. The SMILES string of the molecule is CC1(C)C2CC1C(C=Cc1ccc(O)cc1)=CC2=O. The fourth-order valence-corrected chi connectivity index (χ4v) is 3.28. The molecule has 0 spiro atoms. The number of aromatic hydroxyl groups is 1. The number of benzene rings is 1. The largest absolute Gasteiger partial charge is 0.508 e. The van der Waals surface area contributed by atoms with Crippen molar-refractivity contribution in [1.82, 2.24) is 0 Å². The first-order chi connectivity index (χ1) is 8.98. The van der Waals surface area contributed by atoms with E-state index in [4.69, 9.17) is 0 Å². The number of hydrogen-bond acceptors (Lipinski definition) is 2. The number of phenolic OH excluding ortho intramolecular Hbond substituents is 1. The fourth-order valence-electron chi connectivity index (χ4n) is 3.28. The number of phenols is 1. The highest BCUT2D eigenvalue weighted by Gasteiger charge is 2.54. The fraction of sp³-hybridized carbons (Fsp3) is 0.353. The lowest BCUT2D eigenvalue weighted by Gasteiger charge is -2.54. The lowest BCUT2D eigenvalue weighted by atomic mass is 9.48. The van der Waals surface area contributed by atoms with E-state index >= 15 is 0 Å². The van der Waals surface area contributed by atoms with E-state index in [9.17, 15) is 9.90 Å². The third kappa shape index (κ3) is 1.92. The first-order valence-electron chi connectivity index (χ1n) is 6.71. The van der Waals surface area contributed by atoms with Crippen molar-refractivity contribution in [2.45, 2.75) is 20.3 Å². The van der Waals surface area contributed by atoms with Crippen LogP contribution >= 0.6 is 0 Å². The Hall–Kier alpha value is -1.83. The van der Waals surface area contributed by atoms with Gasteiger partial charge in [-0.1, -0.05) is 38.1 Å². The molecule has 1 N–H and O–H groups in total. The summed E-state index contributed by atoms with van der Waals surface area (Å²) in [6.07, 6.45) is 6.86. The van der Waals surface area contributed by atoms with Crippen molar-refractivity contribution in [2.75, 3.05) is 0 Å². The lowest BCUT2D eigenvalue weighted by Crippen LogP contribution is -2.52. The van der Waals surface area contributed by atoms with Gasteiger partial charge < -0.3 is 5.11 Å². The number of allylic oxidation sites excluding steroid dienone is 3. The zero-order valence-electron chi connectivity index (χ0n) is 11.3. The number of fused-ring (bicyclic) bond motifs is 1. The van der Waals surface area contributed by atoms with E-state index in [-0.39, 0.29) is 22.9 Å². The van der Waals surface area contributed by atoms with Crippen LogP contribution in [0.1, 0.15) is 25.8 Å². The molecule has 1 aromatic carbocycles. The summed E-state index contributed by atoms with van der Waals surface area (Å²) in [7, 11) is 0. The second-order valence-corrected chi connectivity index (χ2v) is 6.13. The van der Waals surface area contributed by atoms with E-state index < -0.39 is 0 Å². The van der Waals surface area contributed by atoms with Gasteiger partial charge in [-0.05, 0) is 47.1 Å². The molecule has 3 aliphatic rings. The van der Waals surface area contributed by atoms with Crippen molar-refractivity contribution in [3.63, 3.8) is 0 Å². The summed E-state index contributed by atoms with van der Waals surface area (Å²) >= 11 is 0. The van der Waals surface area contributed by atoms with Crippen LogP contribution in [-0.4, -0.2) is 10.9 Å². The summed E-state index contributed by atoms with van der Waals surface area (Å²) in [4.78, 5) is 12.0. The minimum absolute atomic E-state index is 0.112. The molecule has 0 amide bonds. The number of ketones is 1. The highest BCUT2D eigenvalue weighted by molar-refractivity contribution is 5.96. The van der Waals surface area contributed by atoms with Crippen molar-refractivity contribution < 1.29 is 9.90 Å². The second-order valence-electron chi connectivity index (χ2n) is 6.13. The molecule has 0 saturated heterocycles. The molecule has 4 rings (SSSR count). The van der Waals surface area contributed by atoms with Gasteiger partial charge in [0.1, 0.15) is 5.75 Å². The Bertz CT molecular complexity index is 576. The highest BCUT2D eigenvalue weighted by atomic mass is 16.3. The summed E-state index contributed by atoms with van der Waals surface area (Å²) in [6.45, 7) is 4.37. The number of rotatable bonds is 2. The molecule has 2 unspecified atom stereocenters. The van der Waals surface area contributed by atoms with E-state index in [1.54, 1.807) is 18.2 Å². The van der Waals surface area contributed by atoms with Gasteiger partial charge in [0.25, 0.3) is 0 Å². The van der Waals surface area contributed by atoms with Crippen LogP contribution in [0.5, 0.6) is 5.75 Å². The molecule has 2 atom stereocenters. The molecule has 0 radical (unpaired) electrons. The smallest absolute Gasteiger partial charge is 0.159 e. The first kappa shape index (κ1) is 12.2. The van der Waals surface area contributed by atoms with Crippen LogP contribution in [0.3, 0.4) is 0 Å². The summed E-state index contributed by atoms with van der Waals surface area (Å²) in [5.74, 6) is 1.27. The molecule has 1 saturated carbocycles. The third-order valence-electron chi connectivity index (χ3n) is 4.68. The zero-order valence-corrected chi connectivity index (χ0v) is 11.3. The highest BCUT2D eigenvalue weighted by Crippen LogP contribution is 2.58. The Morgan fingerprint density at radius 1 is 1.16 bits per heavy atom.